The summed E-state index contributed by atoms with van der Waals surface area (Å²) in [5.74, 6) is -3.19. The molecule has 1 aromatic heterocycles. The average Bonchev–Trinajstić information content (AvgIpc) is 3.42. The SMILES string of the molecule is COC(=O)Nc1ccc2c(c1)NC(=O)CCCC[C@H](N1CC(=O)N(c3c(F)ccc(Cl)c3F)CC1=O)c1nc-2c[nH]1. The maximum absolute atomic E-state index is 14.6. The first kappa shape index (κ1) is 28.0. The van der Waals surface area contributed by atoms with Gasteiger partial charge in [-0.25, -0.2) is 18.6 Å². The van der Waals surface area contributed by atoms with Gasteiger partial charge in [-0.05, 0) is 43.2 Å². The van der Waals surface area contributed by atoms with Crippen LogP contribution in [-0.2, 0) is 19.1 Å². The van der Waals surface area contributed by atoms with E-state index >= 15 is 0 Å². The number of piperazine rings is 1. The third-order valence-corrected chi connectivity index (χ3v) is 7.22. The molecule has 0 radical (unpaired) electrons. The van der Waals surface area contributed by atoms with E-state index in [4.69, 9.17) is 11.6 Å². The molecule has 14 heteroatoms. The number of ether oxygens (including phenoxy) is 1. The monoisotopic (exact) mass is 586 g/mol. The lowest BCUT2D eigenvalue weighted by Crippen LogP contribution is -2.55. The molecule has 2 aliphatic heterocycles. The zero-order valence-corrected chi connectivity index (χ0v) is 22.6. The van der Waals surface area contributed by atoms with Crippen molar-refractivity contribution in [2.45, 2.75) is 31.7 Å². The average molecular weight is 587 g/mol. The minimum atomic E-state index is -1.12. The standard InChI is InChI=1S/C27H25ClF2N6O5/c1-41-27(40)32-14-6-7-15-18(10-14)33-21(37)5-3-2-4-20(26-31-11-19(15)34-26)35-12-23(39)36(13-22(35)38)25-17(29)9-8-16(28)24(25)30/h6-11,20H,2-5,12-13H2,1H3,(H,31,34)(H,32,40)(H,33,37)/t20-/m0/s1. The normalized spacial score (nSPS) is 17.8. The summed E-state index contributed by atoms with van der Waals surface area (Å²) in [6.07, 6.45) is 2.50. The summed E-state index contributed by atoms with van der Waals surface area (Å²) < 4.78 is 33.8. The fourth-order valence-corrected chi connectivity index (χ4v) is 5.08. The third kappa shape index (κ3) is 5.71. The van der Waals surface area contributed by atoms with Crippen molar-refractivity contribution in [1.82, 2.24) is 14.9 Å². The number of fused-ring (bicyclic) bond motifs is 4. The maximum Gasteiger partial charge on any atom is 0.411 e. The molecule has 3 N–H and O–H groups in total. The van der Waals surface area contributed by atoms with Gasteiger partial charge in [0.1, 0.15) is 30.4 Å². The Kier molecular flexibility index (Phi) is 7.88. The van der Waals surface area contributed by atoms with E-state index in [0.29, 0.717) is 47.7 Å². The molecular formula is C27H25ClF2N6O5. The van der Waals surface area contributed by atoms with E-state index in [-0.39, 0.29) is 17.4 Å². The van der Waals surface area contributed by atoms with Gasteiger partial charge in [-0.1, -0.05) is 18.0 Å². The minimum Gasteiger partial charge on any atom is -0.453 e. The number of carbonyl (C=O) groups excluding carboxylic acids is 4. The first-order valence-electron chi connectivity index (χ1n) is 12.7. The molecule has 214 valence electrons. The molecule has 0 aliphatic carbocycles. The molecule has 1 atom stereocenters. The van der Waals surface area contributed by atoms with Crippen LogP contribution >= 0.6 is 11.6 Å². The summed E-state index contributed by atoms with van der Waals surface area (Å²) in [6, 6.07) is 6.18. The van der Waals surface area contributed by atoms with Gasteiger partial charge < -0.3 is 19.9 Å². The van der Waals surface area contributed by atoms with Crippen LogP contribution in [-0.4, -0.2) is 58.9 Å². The lowest BCUT2D eigenvalue weighted by atomic mass is 10.0. The third-order valence-electron chi connectivity index (χ3n) is 6.93. The molecule has 2 aliphatic rings. The van der Waals surface area contributed by atoms with Gasteiger partial charge in [0.25, 0.3) is 0 Å². The summed E-state index contributed by atoms with van der Waals surface area (Å²) in [4.78, 5) is 60.7. The number of nitrogens with one attached hydrogen (secondary N) is 3. The fourth-order valence-electron chi connectivity index (χ4n) is 4.92. The summed E-state index contributed by atoms with van der Waals surface area (Å²) in [5.41, 5.74) is 1.13. The number of imidazole rings is 1. The van der Waals surface area contributed by atoms with E-state index in [0.717, 1.165) is 17.0 Å². The van der Waals surface area contributed by atoms with Gasteiger partial charge in [0.15, 0.2) is 5.82 Å². The van der Waals surface area contributed by atoms with Crippen LogP contribution in [0.2, 0.25) is 5.02 Å². The molecule has 2 aromatic carbocycles. The molecule has 0 spiro atoms. The van der Waals surface area contributed by atoms with Gasteiger partial charge in [0.05, 0.1) is 29.6 Å². The number of aromatic nitrogens is 2. The lowest BCUT2D eigenvalue weighted by Gasteiger charge is -2.38. The molecule has 0 saturated carbocycles. The van der Waals surface area contributed by atoms with Crippen molar-refractivity contribution in [3.05, 3.63) is 59.0 Å². The van der Waals surface area contributed by atoms with Gasteiger partial charge >= 0.3 is 6.09 Å². The number of halogens is 3. The molecule has 2 bridgehead atoms. The van der Waals surface area contributed by atoms with Crippen LogP contribution < -0.4 is 15.5 Å². The molecule has 0 unspecified atom stereocenters. The minimum absolute atomic E-state index is 0.188. The van der Waals surface area contributed by atoms with Crippen molar-refractivity contribution in [3.63, 3.8) is 0 Å². The zero-order valence-electron chi connectivity index (χ0n) is 21.8. The van der Waals surface area contributed by atoms with Crippen LogP contribution in [0.3, 0.4) is 0 Å². The highest BCUT2D eigenvalue weighted by atomic mass is 35.5. The maximum atomic E-state index is 14.6. The van der Waals surface area contributed by atoms with Crippen molar-refractivity contribution in [3.8, 4) is 11.3 Å². The molecule has 1 fully saturated rings. The van der Waals surface area contributed by atoms with Crippen LogP contribution in [0.15, 0.2) is 36.5 Å². The summed E-state index contributed by atoms with van der Waals surface area (Å²) in [5, 5.41) is 5.04. The molecule has 41 heavy (non-hydrogen) atoms. The summed E-state index contributed by atoms with van der Waals surface area (Å²) >= 11 is 5.80. The van der Waals surface area contributed by atoms with E-state index in [2.05, 4.69) is 25.3 Å². The van der Waals surface area contributed by atoms with Gasteiger partial charge in [0, 0.05) is 23.9 Å². The summed E-state index contributed by atoms with van der Waals surface area (Å²) in [7, 11) is 1.23. The number of methoxy groups -OCH3 is 1. The number of anilines is 3. The quantitative estimate of drug-likeness (QED) is 0.383. The molecule has 3 aromatic rings. The van der Waals surface area contributed by atoms with Crippen LogP contribution in [0.4, 0.5) is 30.6 Å². The first-order valence-corrected chi connectivity index (χ1v) is 13.1. The van der Waals surface area contributed by atoms with Crippen molar-refractivity contribution in [2.24, 2.45) is 0 Å². The van der Waals surface area contributed by atoms with Crippen molar-refractivity contribution in [1.29, 1.82) is 0 Å². The van der Waals surface area contributed by atoms with E-state index in [1.54, 1.807) is 24.4 Å². The largest absolute Gasteiger partial charge is 0.453 e. The van der Waals surface area contributed by atoms with Gasteiger partial charge in [-0.15, -0.1) is 0 Å². The number of rotatable bonds is 3. The Morgan fingerprint density at radius 2 is 1.93 bits per heavy atom. The van der Waals surface area contributed by atoms with E-state index < -0.39 is 54.4 Å². The number of H-pyrrole nitrogens is 1. The Morgan fingerprint density at radius 3 is 2.71 bits per heavy atom. The van der Waals surface area contributed by atoms with Gasteiger partial charge in [-0.2, -0.15) is 0 Å². The second kappa shape index (κ2) is 11.5. The number of nitrogens with zero attached hydrogens (tertiary/aromatic N) is 3. The van der Waals surface area contributed by atoms with E-state index in [1.165, 1.54) is 12.0 Å². The van der Waals surface area contributed by atoms with Crippen molar-refractivity contribution >= 4 is 52.5 Å². The van der Waals surface area contributed by atoms with Gasteiger partial charge in [0.2, 0.25) is 17.7 Å². The first-order chi connectivity index (χ1) is 19.7. The molecule has 1 saturated heterocycles. The van der Waals surface area contributed by atoms with Crippen molar-refractivity contribution < 1.29 is 32.7 Å². The topological polar surface area (TPSA) is 137 Å². The number of amides is 4. The number of carbonyl (C=O) groups is 4. The predicted molar refractivity (Wildman–Crippen MR) is 145 cm³/mol. The highest BCUT2D eigenvalue weighted by molar-refractivity contribution is 6.31. The summed E-state index contributed by atoms with van der Waals surface area (Å²) in [6.45, 7) is -1.02. The Hall–Kier alpha value is -4.52. The van der Waals surface area contributed by atoms with E-state index in [1.807, 2.05) is 0 Å². The molecule has 5 rings (SSSR count). The van der Waals surface area contributed by atoms with Crippen molar-refractivity contribution in [2.75, 3.05) is 35.7 Å². The second-order valence-corrected chi connectivity index (χ2v) is 9.96. The predicted octanol–water partition coefficient (Wildman–Crippen LogP) is 4.62. The van der Waals surface area contributed by atoms with Crippen LogP contribution in [0, 0.1) is 11.6 Å². The van der Waals surface area contributed by atoms with E-state index in [9.17, 15) is 28.0 Å². The Labute approximate surface area is 237 Å². The second-order valence-electron chi connectivity index (χ2n) is 9.55. The van der Waals surface area contributed by atoms with Crippen LogP contribution in [0.25, 0.3) is 11.3 Å². The highest BCUT2D eigenvalue weighted by Gasteiger charge is 2.39. The van der Waals surface area contributed by atoms with Gasteiger partial charge in [-0.3, -0.25) is 24.6 Å². The fraction of sp³-hybridized carbons (Fsp3) is 0.296. The Bertz CT molecular complexity index is 1550. The zero-order chi connectivity index (χ0) is 29.3. The number of hydrogen-bond donors (Lipinski definition) is 3. The van der Waals surface area contributed by atoms with Crippen LogP contribution in [0.1, 0.15) is 37.5 Å². The molecule has 3 heterocycles. The Balaban J connectivity index is 1.46. The molecular weight excluding hydrogens is 562 g/mol. The smallest absolute Gasteiger partial charge is 0.411 e. The molecule has 4 amide bonds. The highest BCUT2D eigenvalue weighted by Crippen LogP contribution is 2.35. The Morgan fingerprint density at radius 1 is 1.12 bits per heavy atom. The van der Waals surface area contributed by atoms with Crippen LogP contribution in [0.5, 0.6) is 0 Å². The number of aromatic amines is 1. The molecule has 11 nitrogen and oxygen atoms in total. The number of benzene rings is 2. The number of hydrogen-bond acceptors (Lipinski definition) is 6. The lowest BCUT2D eigenvalue weighted by molar-refractivity contribution is -0.141.